The highest BCUT2D eigenvalue weighted by atomic mass is 32.2. The maximum absolute atomic E-state index is 12.9. The van der Waals surface area contributed by atoms with Crippen LogP contribution < -0.4 is 10.2 Å². The maximum Gasteiger partial charge on any atom is 0.417 e. The molecule has 0 saturated heterocycles. The Bertz CT molecular complexity index is 865. The smallest absolute Gasteiger partial charge is 0.417 e. The number of anilines is 1. The number of aromatic nitrogens is 2. The zero-order valence-corrected chi connectivity index (χ0v) is 22.8. The third-order valence-corrected chi connectivity index (χ3v) is 4.67. The summed E-state index contributed by atoms with van der Waals surface area (Å²) < 4.78 is 17.2. The van der Waals surface area contributed by atoms with Crippen LogP contribution in [0.25, 0.3) is 0 Å². The van der Waals surface area contributed by atoms with E-state index >= 15 is 0 Å². The number of carbonyl (C=O) groups excluding carboxylic acids is 2. The molecule has 1 atom stereocenters. The molecular weight excluding hydrogens is 442 g/mol. The molecule has 1 unspecified atom stereocenters. The predicted octanol–water partition coefficient (Wildman–Crippen LogP) is 4.11. The summed E-state index contributed by atoms with van der Waals surface area (Å²) >= 11 is 0. The van der Waals surface area contributed by atoms with Crippen molar-refractivity contribution in [2.45, 2.75) is 79.1 Å². The fourth-order valence-electron chi connectivity index (χ4n) is 2.82. The van der Waals surface area contributed by atoms with Gasteiger partial charge in [-0.2, -0.15) is 0 Å². The number of fused-ring (bicyclic) bond motifs is 1. The number of hydrogen-bond acceptors (Lipinski definition) is 8. The highest BCUT2D eigenvalue weighted by molar-refractivity contribution is 7.84. The summed E-state index contributed by atoms with van der Waals surface area (Å²) in [4.78, 5) is 36.7. The van der Waals surface area contributed by atoms with Crippen LogP contribution in [0.5, 0.6) is 0 Å². The van der Waals surface area contributed by atoms with E-state index in [4.69, 9.17) is 4.74 Å². The summed E-state index contributed by atoms with van der Waals surface area (Å²) in [5.74, 6) is -0.0938. The molecule has 0 saturated carbocycles. The molecule has 0 radical (unpaired) electrons. The van der Waals surface area contributed by atoms with Gasteiger partial charge in [0.05, 0.1) is 23.0 Å². The molecule has 1 aromatic rings. The van der Waals surface area contributed by atoms with Crippen LogP contribution in [0.2, 0.25) is 0 Å². The summed E-state index contributed by atoms with van der Waals surface area (Å²) in [5.41, 5.74) is 1.11. The van der Waals surface area contributed by atoms with E-state index in [0.29, 0.717) is 18.1 Å². The van der Waals surface area contributed by atoms with Crippen LogP contribution in [0.3, 0.4) is 0 Å². The lowest BCUT2D eigenvalue weighted by atomic mass is 10.2. The zero-order valence-electron chi connectivity index (χ0n) is 22.0. The molecule has 0 aromatic carbocycles. The average molecular weight is 484 g/mol. The summed E-state index contributed by atoms with van der Waals surface area (Å²) in [6.07, 6.45) is 3.53. The number of nitrogens with zero attached hydrogens (tertiary/aromatic N) is 4. The molecule has 0 aliphatic carbocycles. The first-order chi connectivity index (χ1) is 15.5. The minimum atomic E-state index is -1.41. The van der Waals surface area contributed by atoms with Gasteiger partial charge in [0.15, 0.2) is 5.82 Å². The fourth-order valence-corrected chi connectivity index (χ4v) is 3.28. The van der Waals surface area contributed by atoms with Crippen LogP contribution in [0, 0.1) is 0 Å². The third kappa shape index (κ3) is 8.51. The Hall–Kier alpha value is -2.33. The van der Waals surface area contributed by atoms with Gasteiger partial charge in [-0.3, -0.25) is 9.00 Å². The molecule has 3 heterocycles. The predicted molar refractivity (Wildman–Crippen MR) is 134 cm³/mol. The molecule has 3 rings (SSSR count). The van der Waals surface area contributed by atoms with Crippen molar-refractivity contribution in [2.24, 2.45) is 0 Å². The van der Waals surface area contributed by atoms with Crippen molar-refractivity contribution in [1.29, 1.82) is 0 Å². The normalized spacial score (nSPS) is 15.1. The summed E-state index contributed by atoms with van der Waals surface area (Å²) in [6, 6.07) is 0. The average Bonchev–Trinajstić information content (AvgIpc) is 3.33. The van der Waals surface area contributed by atoms with Gasteiger partial charge in [0, 0.05) is 19.0 Å². The highest BCUT2D eigenvalue weighted by Crippen LogP contribution is 2.33. The van der Waals surface area contributed by atoms with Gasteiger partial charge in [0.25, 0.3) is 5.91 Å². The Morgan fingerprint density at radius 1 is 1.15 bits per heavy atom. The first-order valence-corrected chi connectivity index (χ1v) is 12.9. The van der Waals surface area contributed by atoms with Crippen LogP contribution in [0.15, 0.2) is 16.9 Å². The van der Waals surface area contributed by atoms with Crippen molar-refractivity contribution in [3.8, 4) is 0 Å². The Balaban J connectivity index is 0.00000132. The van der Waals surface area contributed by atoms with Crippen molar-refractivity contribution in [1.82, 2.24) is 20.2 Å². The number of hydrogen-bond donors (Lipinski definition) is 1. The number of nitrogens with one attached hydrogen (secondary N) is 1. The Morgan fingerprint density at radius 3 is 2.12 bits per heavy atom. The Labute approximate surface area is 201 Å². The molecule has 0 fully saturated rings. The molecule has 1 aromatic heterocycles. The third-order valence-electron chi connectivity index (χ3n) is 3.98. The number of ether oxygens (including phenoxy) is 1. The number of rotatable bonds is 2. The molecule has 0 bridgehead atoms. The van der Waals surface area contributed by atoms with Gasteiger partial charge in [-0.05, 0) is 48.2 Å². The van der Waals surface area contributed by atoms with Gasteiger partial charge in [0.1, 0.15) is 11.2 Å². The van der Waals surface area contributed by atoms with E-state index in [-0.39, 0.29) is 17.3 Å². The second-order valence-electron chi connectivity index (χ2n) is 7.90. The number of imide groups is 1. The molecule has 33 heavy (non-hydrogen) atoms. The van der Waals surface area contributed by atoms with Crippen LogP contribution in [-0.2, 0) is 22.1 Å². The molecule has 2 aliphatic heterocycles. The van der Waals surface area contributed by atoms with Crippen molar-refractivity contribution in [2.75, 3.05) is 31.8 Å². The summed E-state index contributed by atoms with van der Waals surface area (Å²) in [7, 11) is 2.34. The van der Waals surface area contributed by atoms with Crippen molar-refractivity contribution >= 4 is 28.6 Å². The standard InChI is InChI=1S/C17H22N4O4S.C2H7N.2C2H6/c1-10-6-7-20(8-10)13-12-11(18-15(19-13)26(5)24)9-21(14(12)22)16(23)25-17(2,3)4;1-3-2;2*1-2/h8H,6-7,9H2,1-5H3;3H,1-2H3;2*1-2H3. The SMILES string of the molecule is CC.CC.CC1=CN(c2nc(S(C)=O)nc3c2C(=O)N(C(=O)OC(C)(C)C)C3)CC1.CNC. The lowest BCUT2D eigenvalue weighted by molar-refractivity contribution is 0.0247. The Morgan fingerprint density at radius 2 is 1.70 bits per heavy atom. The lowest BCUT2D eigenvalue weighted by Crippen LogP contribution is -2.37. The quantitative estimate of drug-likeness (QED) is 0.627. The molecule has 10 heteroatoms. The molecule has 2 aliphatic rings. The zero-order chi connectivity index (χ0) is 25.9. The minimum Gasteiger partial charge on any atom is -0.443 e. The minimum absolute atomic E-state index is 0.0145. The monoisotopic (exact) mass is 483 g/mol. The van der Waals surface area contributed by atoms with E-state index < -0.39 is 28.4 Å². The topological polar surface area (TPSA) is 105 Å². The number of carbonyl (C=O) groups is 2. The molecule has 1 N–H and O–H groups in total. The van der Waals surface area contributed by atoms with Gasteiger partial charge in [0.2, 0.25) is 5.16 Å². The van der Waals surface area contributed by atoms with Gasteiger partial charge in [-0.15, -0.1) is 0 Å². The van der Waals surface area contributed by atoms with Crippen LogP contribution in [0.1, 0.15) is 77.9 Å². The largest absolute Gasteiger partial charge is 0.443 e. The first kappa shape index (κ1) is 30.7. The molecule has 0 spiro atoms. The second-order valence-corrected chi connectivity index (χ2v) is 9.17. The van der Waals surface area contributed by atoms with E-state index in [1.165, 1.54) is 6.26 Å². The van der Waals surface area contributed by atoms with Crippen LogP contribution in [-0.4, -0.2) is 63.6 Å². The van der Waals surface area contributed by atoms with E-state index in [1.54, 1.807) is 20.8 Å². The maximum atomic E-state index is 12.9. The van der Waals surface area contributed by atoms with E-state index in [1.807, 2.05) is 59.8 Å². The second kappa shape index (κ2) is 14.0. The van der Waals surface area contributed by atoms with E-state index in [9.17, 15) is 13.8 Å². The van der Waals surface area contributed by atoms with E-state index in [2.05, 4.69) is 15.3 Å². The molecular formula is C23H41N5O4S. The van der Waals surface area contributed by atoms with Gasteiger partial charge < -0.3 is 15.0 Å². The highest BCUT2D eigenvalue weighted by Gasteiger charge is 2.40. The number of amides is 2. The molecule has 2 amide bonds. The van der Waals surface area contributed by atoms with Crippen molar-refractivity contribution in [3.05, 3.63) is 23.0 Å². The molecule has 188 valence electrons. The van der Waals surface area contributed by atoms with Crippen molar-refractivity contribution in [3.63, 3.8) is 0 Å². The summed E-state index contributed by atoms with van der Waals surface area (Å²) in [6.45, 7) is 15.9. The van der Waals surface area contributed by atoms with Crippen LogP contribution in [0.4, 0.5) is 10.6 Å². The van der Waals surface area contributed by atoms with Gasteiger partial charge >= 0.3 is 6.09 Å². The molecule has 9 nitrogen and oxygen atoms in total. The van der Waals surface area contributed by atoms with Gasteiger partial charge in [-0.1, -0.05) is 33.3 Å². The fraction of sp³-hybridized carbons (Fsp3) is 0.652. The summed E-state index contributed by atoms with van der Waals surface area (Å²) in [5, 5.41) is 2.90. The van der Waals surface area contributed by atoms with E-state index in [0.717, 1.165) is 16.9 Å². The van der Waals surface area contributed by atoms with Gasteiger partial charge in [-0.25, -0.2) is 19.7 Å². The first-order valence-electron chi connectivity index (χ1n) is 11.3. The lowest BCUT2D eigenvalue weighted by Gasteiger charge is -2.23. The van der Waals surface area contributed by atoms with Crippen LogP contribution >= 0.6 is 0 Å². The van der Waals surface area contributed by atoms with Crippen molar-refractivity contribution < 1.29 is 18.5 Å². The Kier molecular flexibility index (Phi) is 13.1.